The zero-order valence-corrected chi connectivity index (χ0v) is 9.03. The average molecular weight is 189 g/mol. The molecule has 0 amide bonds. The van der Waals surface area contributed by atoms with Crippen LogP contribution >= 0.6 is 0 Å². The van der Waals surface area contributed by atoms with Crippen molar-refractivity contribution in [3.05, 3.63) is 36.5 Å². The van der Waals surface area contributed by atoms with Crippen LogP contribution in [-0.2, 0) is 0 Å². The molecule has 1 heteroatoms. The van der Waals surface area contributed by atoms with E-state index in [4.69, 9.17) is 5.41 Å². The van der Waals surface area contributed by atoms with Gasteiger partial charge in [0.25, 0.3) is 0 Å². The van der Waals surface area contributed by atoms with Crippen molar-refractivity contribution < 1.29 is 0 Å². The Morgan fingerprint density at radius 3 is 2.71 bits per heavy atom. The van der Waals surface area contributed by atoms with Crippen LogP contribution in [0.2, 0.25) is 0 Å². The van der Waals surface area contributed by atoms with Crippen molar-refractivity contribution in [3.63, 3.8) is 0 Å². The molecule has 0 aliphatic heterocycles. The number of hydrogen-bond donors (Lipinski definition) is 1. The molecule has 0 aromatic carbocycles. The van der Waals surface area contributed by atoms with Gasteiger partial charge in [-0.3, -0.25) is 0 Å². The van der Waals surface area contributed by atoms with Crippen molar-refractivity contribution in [1.82, 2.24) is 0 Å². The molecule has 3 atom stereocenters. The molecule has 0 bridgehead atoms. The molecule has 0 saturated carbocycles. The van der Waals surface area contributed by atoms with E-state index in [0.29, 0.717) is 17.8 Å². The third-order valence-electron chi connectivity index (χ3n) is 2.98. The fourth-order valence-electron chi connectivity index (χ4n) is 1.64. The molecule has 0 spiro atoms. The van der Waals surface area contributed by atoms with E-state index < -0.39 is 0 Å². The molecule has 2 unspecified atom stereocenters. The maximum absolute atomic E-state index is 7.22. The average Bonchev–Trinajstić information content (AvgIpc) is 2.27. The molecule has 0 saturated heterocycles. The standard InChI is InChI=1S/C13H19N/c1-4-10(2)12-5-7-13(8-6-12)11(3)9-14/h4-7,9-11,13-14H,1,8H2,2-3H3/t10-,11?,13?/m1/s1. The van der Waals surface area contributed by atoms with Gasteiger partial charge in [0.15, 0.2) is 0 Å². The van der Waals surface area contributed by atoms with E-state index in [0.717, 1.165) is 6.42 Å². The summed E-state index contributed by atoms with van der Waals surface area (Å²) in [5.74, 6) is 1.30. The lowest BCUT2D eigenvalue weighted by molar-refractivity contribution is 0.543. The van der Waals surface area contributed by atoms with Crippen LogP contribution in [0.3, 0.4) is 0 Å². The second-order valence-electron chi connectivity index (χ2n) is 4.01. The van der Waals surface area contributed by atoms with Gasteiger partial charge >= 0.3 is 0 Å². The third-order valence-corrected chi connectivity index (χ3v) is 2.98. The van der Waals surface area contributed by atoms with Crippen molar-refractivity contribution in [1.29, 1.82) is 5.41 Å². The first-order chi connectivity index (χ1) is 6.69. The summed E-state index contributed by atoms with van der Waals surface area (Å²) in [6.45, 7) is 8.05. The Kier molecular flexibility index (Phi) is 3.87. The van der Waals surface area contributed by atoms with Gasteiger partial charge in [0.2, 0.25) is 0 Å². The van der Waals surface area contributed by atoms with E-state index in [-0.39, 0.29) is 0 Å². The van der Waals surface area contributed by atoms with Gasteiger partial charge in [0.1, 0.15) is 0 Å². The molecule has 0 heterocycles. The van der Waals surface area contributed by atoms with Crippen LogP contribution in [0.5, 0.6) is 0 Å². The van der Waals surface area contributed by atoms with E-state index >= 15 is 0 Å². The van der Waals surface area contributed by atoms with Crippen LogP contribution in [0.25, 0.3) is 0 Å². The minimum Gasteiger partial charge on any atom is -0.313 e. The Morgan fingerprint density at radius 1 is 1.57 bits per heavy atom. The van der Waals surface area contributed by atoms with Gasteiger partial charge in [-0.2, -0.15) is 0 Å². The highest BCUT2D eigenvalue weighted by molar-refractivity contribution is 5.57. The number of hydrogen-bond acceptors (Lipinski definition) is 1. The minimum absolute atomic E-state index is 0.350. The normalized spacial score (nSPS) is 25.0. The van der Waals surface area contributed by atoms with Crippen LogP contribution in [0.4, 0.5) is 0 Å². The number of rotatable bonds is 4. The smallest absolute Gasteiger partial charge is 0.00135 e. The van der Waals surface area contributed by atoms with E-state index in [9.17, 15) is 0 Å². The molecule has 76 valence electrons. The summed E-state index contributed by atoms with van der Waals surface area (Å²) < 4.78 is 0. The fraction of sp³-hybridized carbons (Fsp3) is 0.462. The number of nitrogens with one attached hydrogen (secondary N) is 1. The van der Waals surface area contributed by atoms with Crippen molar-refractivity contribution in [2.75, 3.05) is 0 Å². The van der Waals surface area contributed by atoms with Crippen molar-refractivity contribution >= 4 is 6.21 Å². The highest BCUT2D eigenvalue weighted by Crippen LogP contribution is 2.26. The maximum Gasteiger partial charge on any atom is -0.00135 e. The lowest BCUT2D eigenvalue weighted by Crippen LogP contribution is -2.12. The number of allylic oxidation sites excluding steroid dienone is 5. The summed E-state index contributed by atoms with van der Waals surface area (Å²) in [7, 11) is 0. The summed E-state index contributed by atoms with van der Waals surface area (Å²) in [6.07, 6.45) is 11.2. The highest BCUT2D eigenvalue weighted by atomic mass is 14.4. The van der Waals surface area contributed by atoms with Crippen LogP contribution < -0.4 is 0 Å². The molecule has 0 aromatic rings. The van der Waals surface area contributed by atoms with Crippen LogP contribution in [0.15, 0.2) is 36.5 Å². The molecule has 1 rings (SSSR count). The molecular formula is C13H19N. The van der Waals surface area contributed by atoms with Gasteiger partial charge < -0.3 is 5.41 Å². The largest absolute Gasteiger partial charge is 0.313 e. The summed E-state index contributed by atoms with van der Waals surface area (Å²) in [6, 6.07) is 0. The van der Waals surface area contributed by atoms with Crippen LogP contribution in [-0.4, -0.2) is 6.21 Å². The summed E-state index contributed by atoms with van der Waals surface area (Å²) in [5, 5.41) is 7.22. The summed E-state index contributed by atoms with van der Waals surface area (Å²) in [5.41, 5.74) is 1.36. The zero-order valence-electron chi connectivity index (χ0n) is 9.03. The van der Waals surface area contributed by atoms with Gasteiger partial charge in [-0.15, -0.1) is 6.58 Å². The van der Waals surface area contributed by atoms with Gasteiger partial charge in [-0.1, -0.05) is 38.2 Å². The summed E-state index contributed by atoms with van der Waals surface area (Å²) in [4.78, 5) is 0. The first-order valence-corrected chi connectivity index (χ1v) is 5.20. The SMILES string of the molecule is C=C[C@@H](C)C1=CCC(C(C)C=N)C=C1. The van der Waals surface area contributed by atoms with Crippen molar-refractivity contribution in [2.24, 2.45) is 17.8 Å². The third kappa shape index (κ3) is 2.44. The maximum atomic E-state index is 7.22. The molecule has 1 aliphatic carbocycles. The highest BCUT2D eigenvalue weighted by Gasteiger charge is 2.15. The minimum atomic E-state index is 0.350. The first-order valence-electron chi connectivity index (χ1n) is 5.20. The Bertz CT molecular complexity index is 273. The van der Waals surface area contributed by atoms with Crippen LogP contribution in [0.1, 0.15) is 20.3 Å². The Labute approximate surface area is 86.7 Å². The molecular weight excluding hydrogens is 170 g/mol. The lowest BCUT2D eigenvalue weighted by Gasteiger charge is -2.21. The van der Waals surface area contributed by atoms with Crippen molar-refractivity contribution in [2.45, 2.75) is 20.3 Å². The second-order valence-corrected chi connectivity index (χ2v) is 4.01. The Hall–Kier alpha value is -1.11. The summed E-state index contributed by atoms with van der Waals surface area (Å²) >= 11 is 0. The monoisotopic (exact) mass is 189 g/mol. The first kappa shape index (κ1) is 11.0. The molecule has 1 nitrogen and oxygen atoms in total. The van der Waals surface area contributed by atoms with Gasteiger partial charge in [-0.05, 0) is 36.0 Å². The Balaban J connectivity index is 2.61. The molecule has 0 aromatic heterocycles. The lowest BCUT2D eigenvalue weighted by atomic mass is 9.84. The molecule has 14 heavy (non-hydrogen) atoms. The zero-order chi connectivity index (χ0) is 10.6. The molecule has 0 fully saturated rings. The Morgan fingerprint density at radius 2 is 2.29 bits per heavy atom. The fourth-order valence-corrected chi connectivity index (χ4v) is 1.64. The molecule has 0 radical (unpaired) electrons. The van der Waals surface area contributed by atoms with Crippen LogP contribution in [0, 0.1) is 23.2 Å². The van der Waals surface area contributed by atoms with Crippen molar-refractivity contribution in [3.8, 4) is 0 Å². The molecule has 1 aliphatic rings. The van der Waals surface area contributed by atoms with Gasteiger partial charge in [0, 0.05) is 0 Å². The van der Waals surface area contributed by atoms with E-state index in [2.05, 4.69) is 38.7 Å². The van der Waals surface area contributed by atoms with E-state index in [1.165, 1.54) is 11.8 Å². The molecule has 1 N–H and O–H groups in total. The van der Waals surface area contributed by atoms with E-state index in [1.54, 1.807) is 0 Å². The van der Waals surface area contributed by atoms with E-state index in [1.807, 2.05) is 6.08 Å². The topological polar surface area (TPSA) is 23.9 Å². The second kappa shape index (κ2) is 4.94. The quantitative estimate of drug-likeness (QED) is 0.516. The van der Waals surface area contributed by atoms with Gasteiger partial charge in [-0.25, -0.2) is 0 Å². The predicted molar refractivity (Wildman–Crippen MR) is 62.6 cm³/mol. The predicted octanol–water partition coefficient (Wildman–Crippen LogP) is 3.60. The van der Waals surface area contributed by atoms with Gasteiger partial charge in [0.05, 0.1) is 0 Å².